The van der Waals surface area contributed by atoms with E-state index in [-0.39, 0.29) is 5.91 Å². The molecule has 3 rings (SSSR count). The Morgan fingerprint density at radius 1 is 1.38 bits per heavy atom. The normalized spacial score (nSPS) is 27.9. The largest absolute Gasteiger partial charge is 0.349 e. The number of hydrogen-bond acceptors (Lipinski definition) is 2. The van der Waals surface area contributed by atoms with Crippen LogP contribution >= 0.6 is 0 Å². The highest BCUT2D eigenvalue weighted by molar-refractivity contribution is 5.98. The van der Waals surface area contributed by atoms with Crippen LogP contribution in [0.15, 0.2) is 18.2 Å². The summed E-state index contributed by atoms with van der Waals surface area (Å²) in [6.07, 6.45) is 1.03. The molecule has 0 aromatic heterocycles. The first kappa shape index (κ1) is 9.85. The molecule has 3 nitrogen and oxygen atoms in total. The molecule has 2 atom stereocenters. The summed E-state index contributed by atoms with van der Waals surface area (Å²) in [7, 11) is 0. The summed E-state index contributed by atoms with van der Waals surface area (Å²) in [5.41, 5.74) is 3.20. The van der Waals surface area contributed by atoms with Crippen LogP contribution < -0.4 is 10.6 Å². The minimum atomic E-state index is 0.108. The summed E-state index contributed by atoms with van der Waals surface area (Å²) in [6, 6.07) is 6.49. The van der Waals surface area contributed by atoms with Gasteiger partial charge in [0, 0.05) is 24.1 Å². The number of amides is 1. The van der Waals surface area contributed by atoms with Crippen molar-refractivity contribution in [1.29, 1.82) is 0 Å². The lowest BCUT2D eigenvalue weighted by Gasteiger charge is -2.38. The second-order valence-electron chi connectivity index (χ2n) is 4.72. The smallest absolute Gasteiger partial charge is 0.252 e. The van der Waals surface area contributed by atoms with Gasteiger partial charge in [-0.05, 0) is 31.0 Å². The van der Waals surface area contributed by atoms with E-state index in [1.54, 1.807) is 0 Å². The number of hydrogen-bond donors (Lipinski definition) is 2. The third kappa shape index (κ3) is 1.35. The highest BCUT2D eigenvalue weighted by Gasteiger charge is 2.35. The van der Waals surface area contributed by atoms with Crippen LogP contribution in [-0.2, 0) is 0 Å². The second-order valence-corrected chi connectivity index (χ2v) is 4.72. The Morgan fingerprint density at radius 2 is 2.25 bits per heavy atom. The zero-order valence-electron chi connectivity index (χ0n) is 9.42. The summed E-state index contributed by atoms with van der Waals surface area (Å²) < 4.78 is 0. The molecule has 84 valence electrons. The van der Waals surface area contributed by atoms with Crippen molar-refractivity contribution in [3.05, 3.63) is 34.9 Å². The van der Waals surface area contributed by atoms with Crippen LogP contribution in [-0.4, -0.2) is 25.0 Å². The third-order valence-electron chi connectivity index (χ3n) is 3.73. The molecule has 0 radical (unpaired) electrons. The topological polar surface area (TPSA) is 41.1 Å². The highest BCUT2D eigenvalue weighted by atomic mass is 16.1. The Labute approximate surface area is 95.2 Å². The molecule has 1 aromatic rings. The van der Waals surface area contributed by atoms with Crippen molar-refractivity contribution in [2.75, 3.05) is 13.1 Å². The van der Waals surface area contributed by atoms with Crippen LogP contribution in [0.5, 0.6) is 0 Å². The van der Waals surface area contributed by atoms with Crippen LogP contribution in [0.3, 0.4) is 0 Å². The third-order valence-corrected chi connectivity index (χ3v) is 3.73. The Balaban J connectivity index is 2.11. The van der Waals surface area contributed by atoms with Gasteiger partial charge in [-0.15, -0.1) is 0 Å². The van der Waals surface area contributed by atoms with E-state index in [1.165, 1.54) is 5.56 Å². The van der Waals surface area contributed by atoms with Crippen molar-refractivity contribution >= 4 is 5.91 Å². The lowest BCUT2D eigenvalue weighted by molar-refractivity contribution is 0.0904. The molecule has 0 aliphatic carbocycles. The van der Waals surface area contributed by atoms with Crippen molar-refractivity contribution < 1.29 is 4.79 Å². The number of nitrogens with one attached hydrogen (secondary N) is 2. The maximum Gasteiger partial charge on any atom is 0.252 e. The van der Waals surface area contributed by atoms with Crippen LogP contribution in [0.1, 0.15) is 33.8 Å². The van der Waals surface area contributed by atoms with Gasteiger partial charge in [0.1, 0.15) is 0 Å². The van der Waals surface area contributed by atoms with E-state index in [4.69, 9.17) is 0 Å². The summed E-state index contributed by atoms with van der Waals surface area (Å²) in [6.45, 7) is 3.99. The van der Waals surface area contributed by atoms with Crippen molar-refractivity contribution in [1.82, 2.24) is 10.6 Å². The summed E-state index contributed by atoms with van der Waals surface area (Å²) in [5.74, 6) is 0.553. The van der Waals surface area contributed by atoms with E-state index < -0.39 is 0 Å². The van der Waals surface area contributed by atoms with Gasteiger partial charge in [0.2, 0.25) is 0 Å². The molecule has 1 amide bonds. The lowest BCUT2D eigenvalue weighted by atomic mass is 9.80. The molecule has 1 fully saturated rings. The molecule has 2 aliphatic heterocycles. The molecule has 2 unspecified atom stereocenters. The van der Waals surface area contributed by atoms with Gasteiger partial charge in [-0.2, -0.15) is 0 Å². The zero-order valence-corrected chi connectivity index (χ0v) is 9.42. The predicted octanol–water partition coefficient (Wildman–Crippen LogP) is 1.18. The van der Waals surface area contributed by atoms with Crippen LogP contribution in [0.25, 0.3) is 0 Å². The molecule has 0 spiro atoms. The molecule has 16 heavy (non-hydrogen) atoms. The fourth-order valence-corrected chi connectivity index (χ4v) is 2.91. The summed E-state index contributed by atoms with van der Waals surface area (Å²) in [5, 5.41) is 6.54. The van der Waals surface area contributed by atoms with Gasteiger partial charge in [0.25, 0.3) is 5.91 Å². The summed E-state index contributed by atoms with van der Waals surface area (Å²) >= 11 is 0. The number of carbonyl (C=O) groups is 1. The quantitative estimate of drug-likeness (QED) is 0.684. The van der Waals surface area contributed by atoms with Crippen molar-refractivity contribution in [2.24, 2.45) is 0 Å². The molecule has 2 heterocycles. The minimum Gasteiger partial charge on any atom is -0.349 e. The predicted molar refractivity (Wildman–Crippen MR) is 62.7 cm³/mol. The molecular formula is C13H16N2O. The zero-order chi connectivity index (χ0) is 11.1. The number of fused-ring (bicyclic) bond motifs is 3. The maximum atomic E-state index is 12.0. The lowest BCUT2D eigenvalue weighted by Crippen LogP contribution is -2.52. The average molecular weight is 216 g/mol. The molecule has 0 bridgehead atoms. The first-order valence-corrected chi connectivity index (χ1v) is 5.88. The average Bonchev–Trinajstić information content (AvgIpc) is 2.29. The van der Waals surface area contributed by atoms with E-state index >= 15 is 0 Å². The molecule has 1 saturated heterocycles. The fraction of sp³-hybridized carbons (Fsp3) is 0.462. The molecule has 2 aliphatic rings. The minimum absolute atomic E-state index is 0.108. The van der Waals surface area contributed by atoms with Gasteiger partial charge in [-0.25, -0.2) is 0 Å². The van der Waals surface area contributed by atoms with Gasteiger partial charge in [0.15, 0.2) is 0 Å². The first-order valence-electron chi connectivity index (χ1n) is 5.88. The number of piperidine rings is 1. The maximum absolute atomic E-state index is 12.0. The van der Waals surface area contributed by atoms with Gasteiger partial charge in [0.05, 0.1) is 0 Å². The molecule has 0 saturated carbocycles. The number of rotatable bonds is 0. The van der Waals surface area contributed by atoms with E-state index in [0.717, 1.165) is 30.6 Å². The standard InChI is InChI=1S/C13H16N2O/c1-8-3-2-4-9-10-7-14-6-5-11(10)15-13(16)12(8)9/h2-4,10-11,14H,5-7H2,1H3,(H,15,16). The molecule has 2 N–H and O–H groups in total. The van der Waals surface area contributed by atoms with Gasteiger partial charge in [-0.1, -0.05) is 18.2 Å². The van der Waals surface area contributed by atoms with Crippen LogP contribution in [0, 0.1) is 6.92 Å². The van der Waals surface area contributed by atoms with Gasteiger partial charge < -0.3 is 10.6 Å². The Bertz CT molecular complexity index is 442. The van der Waals surface area contributed by atoms with E-state index in [9.17, 15) is 4.79 Å². The van der Waals surface area contributed by atoms with E-state index in [2.05, 4.69) is 22.8 Å². The number of aryl methyl sites for hydroxylation is 1. The van der Waals surface area contributed by atoms with E-state index in [1.807, 2.05) is 13.0 Å². The van der Waals surface area contributed by atoms with Crippen molar-refractivity contribution in [2.45, 2.75) is 25.3 Å². The monoisotopic (exact) mass is 216 g/mol. The number of carbonyl (C=O) groups excluding carboxylic acids is 1. The van der Waals surface area contributed by atoms with E-state index in [0.29, 0.717) is 12.0 Å². The SMILES string of the molecule is Cc1cccc2c1C(=O)NC1CCNCC21. The van der Waals surface area contributed by atoms with Crippen molar-refractivity contribution in [3.8, 4) is 0 Å². The fourth-order valence-electron chi connectivity index (χ4n) is 2.91. The van der Waals surface area contributed by atoms with Crippen LogP contribution in [0.2, 0.25) is 0 Å². The molecule has 3 heteroatoms. The molecular weight excluding hydrogens is 200 g/mol. The number of benzene rings is 1. The second kappa shape index (κ2) is 3.59. The Kier molecular flexibility index (Phi) is 2.21. The summed E-state index contributed by atoms with van der Waals surface area (Å²) in [4.78, 5) is 12.0. The highest BCUT2D eigenvalue weighted by Crippen LogP contribution is 2.32. The Hall–Kier alpha value is -1.35. The van der Waals surface area contributed by atoms with Crippen LogP contribution in [0.4, 0.5) is 0 Å². The van der Waals surface area contributed by atoms with Crippen molar-refractivity contribution in [3.63, 3.8) is 0 Å². The first-order chi connectivity index (χ1) is 7.77. The van der Waals surface area contributed by atoms with Gasteiger partial charge in [-0.3, -0.25) is 4.79 Å². The Morgan fingerprint density at radius 3 is 3.12 bits per heavy atom. The van der Waals surface area contributed by atoms with Gasteiger partial charge >= 0.3 is 0 Å². The molecule has 1 aromatic carbocycles.